The van der Waals surface area contributed by atoms with Crippen molar-refractivity contribution < 1.29 is 9.53 Å². The molecular weight excluding hydrogens is 298 g/mol. The van der Waals surface area contributed by atoms with Crippen LogP contribution in [0.1, 0.15) is 22.4 Å². The highest BCUT2D eigenvalue weighted by molar-refractivity contribution is 7.98. The molecule has 2 aromatic rings. The second kappa shape index (κ2) is 6.04. The Bertz CT molecular complexity index is 724. The van der Waals surface area contributed by atoms with E-state index in [-0.39, 0.29) is 12.5 Å². The van der Waals surface area contributed by atoms with Crippen molar-refractivity contribution in [2.24, 2.45) is 7.05 Å². The number of carbonyl (C=O) groups is 1. The quantitative estimate of drug-likeness (QED) is 0.942. The first-order valence-electron chi connectivity index (χ1n) is 7.17. The van der Waals surface area contributed by atoms with Crippen LogP contribution >= 0.6 is 11.8 Å². The van der Waals surface area contributed by atoms with Gasteiger partial charge in [-0.05, 0) is 37.1 Å². The largest absolute Gasteiger partial charge is 0.484 e. The Labute approximate surface area is 134 Å². The molecule has 2 heterocycles. The van der Waals surface area contributed by atoms with Crippen LogP contribution in [0.3, 0.4) is 0 Å². The summed E-state index contributed by atoms with van der Waals surface area (Å²) in [6.07, 6.45) is 0. The third-order valence-electron chi connectivity index (χ3n) is 3.82. The minimum atomic E-state index is -0.166. The zero-order valence-electron chi connectivity index (χ0n) is 13.0. The Kier molecular flexibility index (Phi) is 4.11. The van der Waals surface area contributed by atoms with Gasteiger partial charge in [0.1, 0.15) is 11.6 Å². The number of amides is 1. The van der Waals surface area contributed by atoms with E-state index in [1.807, 2.05) is 50.9 Å². The summed E-state index contributed by atoms with van der Waals surface area (Å²) in [5, 5.41) is 7.33. The number of rotatable bonds is 4. The monoisotopic (exact) mass is 317 g/mol. The van der Waals surface area contributed by atoms with E-state index in [2.05, 4.69) is 10.4 Å². The van der Waals surface area contributed by atoms with Gasteiger partial charge in [0.25, 0.3) is 5.91 Å². The lowest BCUT2D eigenvalue weighted by Crippen LogP contribution is -2.22. The summed E-state index contributed by atoms with van der Waals surface area (Å²) >= 11 is 1.81. The fourth-order valence-corrected chi connectivity index (χ4v) is 3.45. The van der Waals surface area contributed by atoms with Crippen molar-refractivity contribution >= 4 is 23.5 Å². The Balaban J connectivity index is 1.62. The first-order valence-corrected chi connectivity index (χ1v) is 8.32. The number of anilines is 1. The first kappa shape index (κ1) is 15.0. The van der Waals surface area contributed by atoms with Gasteiger partial charge in [-0.25, -0.2) is 0 Å². The number of thioether (sulfide) groups is 1. The molecule has 6 heteroatoms. The molecule has 1 aromatic heterocycles. The minimum Gasteiger partial charge on any atom is -0.484 e. The average Bonchev–Trinajstić information content (AvgIpc) is 3.03. The zero-order valence-corrected chi connectivity index (χ0v) is 13.8. The van der Waals surface area contributed by atoms with Crippen LogP contribution in [-0.2, 0) is 23.3 Å². The molecule has 0 radical (unpaired) electrons. The Hall–Kier alpha value is -1.95. The molecule has 1 aliphatic heterocycles. The van der Waals surface area contributed by atoms with Gasteiger partial charge in [0, 0.05) is 24.1 Å². The van der Waals surface area contributed by atoms with Crippen LogP contribution in [0.2, 0.25) is 0 Å². The summed E-state index contributed by atoms with van der Waals surface area (Å²) in [5.41, 5.74) is 4.56. The number of fused-ring (bicyclic) bond motifs is 1. The highest BCUT2D eigenvalue weighted by Crippen LogP contribution is 2.34. The summed E-state index contributed by atoms with van der Waals surface area (Å²) in [6.45, 7) is 4.07. The van der Waals surface area contributed by atoms with Crippen LogP contribution in [0.25, 0.3) is 0 Å². The Morgan fingerprint density at radius 1 is 1.36 bits per heavy atom. The van der Waals surface area contributed by atoms with E-state index in [1.54, 1.807) is 4.68 Å². The van der Waals surface area contributed by atoms with E-state index >= 15 is 0 Å². The molecule has 0 spiro atoms. The fourth-order valence-electron chi connectivity index (χ4n) is 2.42. The van der Waals surface area contributed by atoms with Crippen molar-refractivity contribution in [3.05, 3.63) is 40.6 Å². The first-order chi connectivity index (χ1) is 10.5. The van der Waals surface area contributed by atoms with E-state index in [1.165, 1.54) is 5.56 Å². The highest BCUT2D eigenvalue weighted by Gasteiger charge is 2.22. The van der Waals surface area contributed by atoms with Gasteiger partial charge in [0.05, 0.1) is 5.69 Å². The molecule has 1 N–H and O–H groups in total. The fraction of sp³-hybridized carbons (Fsp3) is 0.375. The van der Waals surface area contributed by atoms with Crippen LogP contribution in [0, 0.1) is 13.8 Å². The van der Waals surface area contributed by atoms with Gasteiger partial charge in [0.15, 0.2) is 6.61 Å². The Morgan fingerprint density at radius 3 is 2.95 bits per heavy atom. The molecule has 22 heavy (non-hydrogen) atoms. The van der Waals surface area contributed by atoms with E-state index < -0.39 is 0 Å². The van der Waals surface area contributed by atoms with E-state index in [4.69, 9.17) is 4.74 Å². The molecule has 116 valence electrons. The zero-order chi connectivity index (χ0) is 15.7. The number of hydrogen-bond acceptors (Lipinski definition) is 4. The Morgan fingerprint density at radius 2 is 2.18 bits per heavy atom. The SMILES string of the molecule is Cc1ccc(OCC(=O)Nc2c3c(nn2C)CSC3)cc1C. The molecule has 1 amide bonds. The number of hydrogen-bond donors (Lipinski definition) is 1. The van der Waals surface area contributed by atoms with Gasteiger partial charge in [-0.1, -0.05) is 6.07 Å². The number of aryl methyl sites for hydroxylation is 3. The van der Waals surface area contributed by atoms with Crippen molar-refractivity contribution in [1.29, 1.82) is 0 Å². The van der Waals surface area contributed by atoms with E-state index in [9.17, 15) is 4.79 Å². The number of carbonyl (C=O) groups excluding carboxylic acids is 1. The summed E-state index contributed by atoms with van der Waals surface area (Å²) in [6, 6.07) is 5.82. The predicted octanol–water partition coefficient (Wildman–Crippen LogP) is 2.80. The molecule has 0 saturated carbocycles. The lowest BCUT2D eigenvalue weighted by atomic mass is 10.1. The number of nitrogens with one attached hydrogen (secondary N) is 1. The molecule has 0 bridgehead atoms. The number of nitrogens with zero attached hydrogens (tertiary/aromatic N) is 2. The van der Waals surface area contributed by atoms with Crippen LogP contribution in [-0.4, -0.2) is 22.3 Å². The van der Waals surface area contributed by atoms with Gasteiger partial charge < -0.3 is 10.1 Å². The minimum absolute atomic E-state index is 0.00437. The maximum absolute atomic E-state index is 12.1. The topological polar surface area (TPSA) is 56.1 Å². The highest BCUT2D eigenvalue weighted by atomic mass is 32.2. The molecule has 5 nitrogen and oxygen atoms in total. The van der Waals surface area contributed by atoms with E-state index in [0.29, 0.717) is 5.75 Å². The van der Waals surface area contributed by atoms with Crippen LogP contribution in [0.15, 0.2) is 18.2 Å². The smallest absolute Gasteiger partial charge is 0.263 e. The van der Waals surface area contributed by atoms with Crippen LogP contribution in [0.5, 0.6) is 5.75 Å². The molecule has 0 atom stereocenters. The third-order valence-corrected chi connectivity index (χ3v) is 4.79. The molecule has 0 saturated heterocycles. The number of benzene rings is 1. The van der Waals surface area contributed by atoms with Crippen LogP contribution in [0.4, 0.5) is 5.82 Å². The number of aromatic nitrogens is 2. The summed E-state index contributed by atoms with van der Waals surface area (Å²) in [7, 11) is 1.85. The van der Waals surface area contributed by atoms with Crippen LogP contribution < -0.4 is 10.1 Å². The number of ether oxygens (including phenoxy) is 1. The molecular formula is C16H19N3O2S. The maximum atomic E-state index is 12.1. The predicted molar refractivity (Wildman–Crippen MR) is 88.2 cm³/mol. The summed E-state index contributed by atoms with van der Waals surface area (Å²) in [5.74, 6) is 3.15. The van der Waals surface area contributed by atoms with Gasteiger partial charge in [-0.2, -0.15) is 16.9 Å². The van der Waals surface area contributed by atoms with Gasteiger partial charge in [-0.3, -0.25) is 9.48 Å². The summed E-state index contributed by atoms with van der Waals surface area (Å²) < 4.78 is 7.30. The molecule has 0 aliphatic carbocycles. The van der Waals surface area contributed by atoms with Crippen molar-refractivity contribution in [2.45, 2.75) is 25.4 Å². The van der Waals surface area contributed by atoms with Gasteiger partial charge in [-0.15, -0.1) is 0 Å². The standard InChI is InChI=1S/C16H19N3O2S/c1-10-4-5-12(6-11(10)2)21-7-15(20)17-16-13-8-22-9-14(13)18-19(16)3/h4-6H,7-9H2,1-3H3,(H,17,20). The molecule has 1 aromatic carbocycles. The molecule has 0 unspecified atom stereocenters. The van der Waals surface area contributed by atoms with E-state index in [0.717, 1.165) is 34.1 Å². The normalized spacial score (nSPS) is 13.0. The average molecular weight is 317 g/mol. The molecule has 1 aliphatic rings. The second-order valence-corrected chi connectivity index (χ2v) is 6.46. The summed E-state index contributed by atoms with van der Waals surface area (Å²) in [4.78, 5) is 12.1. The lowest BCUT2D eigenvalue weighted by Gasteiger charge is -2.10. The van der Waals surface area contributed by atoms with Crippen molar-refractivity contribution in [1.82, 2.24) is 9.78 Å². The van der Waals surface area contributed by atoms with Gasteiger partial charge in [0.2, 0.25) is 0 Å². The lowest BCUT2D eigenvalue weighted by molar-refractivity contribution is -0.118. The van der Waals surface area contributed by atoms with Crippen molar-refractivity contribution in [2.75, 3.05) is 11.9 Å². The molecule has 3 rings (SSSR count). The van der Waals surface area contributed by atoms with Gasteiger partial charge >= 0.3 is 0 Å². The van der Waals surface area contributed by atoms with Crippen molar-refractivity contribution in [3.8, 4) is 5.75 Å². The second-order valence-electron chi connectivity index (χ2n) is 5.47. The molecule has 0 fully saturated rings. The van der Waals surface area contributed by atoms with Crippen molar-refractivity contribution in [3.63, 3.8) is 0 Å². The third kappa shape index (κ3) is 2.97. The maximum Gasteiger partial charge on any atom is 0.263 e.